The van der Waals surface area contributed by atoms with E-state index in [1.807, 2.05) is 25.1 Å². The zero-order valence-corrected chi connectivity index (χ0v) is 11.4. The van der Waals surface area contributed by atoms with Crippen LogP contribution in [0.15, 0.2) is 42.5 Å². The van der Waals surface area contributed by atoms with Gasteiger partial charge in [0.15, 0.2) is 0 Å². The molecule has 0 spiro atoms. The fourth-order valence-electron chi connectivity index (χ4n) is 2.00. The van der Waals surface area contributed by atoms with Crippen LogP contribution in [0.25, 0.3) is 10.8 Å². The molecule has 0 aliphatic carbocycles. The van der Waals surface area contributed by atoms with Crippen LogP contribution in [0.3, 0.4) is 0 Å². The van der Waals surface area contributed by atoms with E-state index in [0.717, 1.165) is 6.42 Å². The first kappa shape index (κ1) is 12.3. The lowest BCUT2D eigenvalue weighted by Crippen LogP contribution is -2.15. The van der Waals surface area contributed by atoms with E-state index in [1.165, 1.54) is 16.3 Å². The third-order valence-corrected chi connectivity index (χ3v) is 3.81. The number of hydrogen-bond acceptors (Lipinski definition) is 1. The fraction of sp³-hybridized carbons (Fsp3) is 0.267. The number of carbonyl (C=O) groups excluding carboxylic acids is 1. The minimum atomic E-state index is -0.0710. The van der Waals surface area contributed by atoms with E-state index in [1.54, 1.807) is 0 Å². The Labute approximate surface area is 110 Å². The molecule has 0 amide bonds. The molecule has 2 aromatic carbocycles. The van der Waals surface area contributed by atoms with E-state index in [-0.39, 0.29) is 10.6 Å². The average molecular weight is 291 g/mol. The van der Waals surface area contributed by atoms with Crippen LogP contribution in [0, 0.1) is 0 Å². The minimum absolute atomic E-state index is 0.0710. The molecule has 17 heavy (non-hydrogen) atoms. The van der Waals surface area contributed by atoms with Gasteiger partial charge in [-0.05, 0) is 22.8 Å². The molecule has 2 aromatic rings. The summed E-state index contributed by atoms with van der Waals surface area (Å²) in [4.78, 5) is 11.5. The molecule has 0 radical (unpaired) electrons. The number of benzene rings is 2. The van der Waals surface area contributed by atoms with Gasteiger partial charge in [-0.2, -0.15) is 0 Å². The maximum Gasteiger partial charge on any atom is 0.146 e. The Bertz CT molecular complexity index is 528. The Morgan fingerprint density at radius 3 is 2.65 bits per heavy atom. The van der Waals surface area contributed by atoms with Gasteiger partial charge >= 0.3 is 0 Å². The molecule has 0 bridgehead atoms. The molecule has 2 heteroatoms. The number of rotatable bonds is 4. The Balaban J connectivity index is 2.33. The van der Waals surface area contributed by atoms with Crippen molar-refractivity contribution in [2.75, 3.05) is 0 Å². The van der Waals surface area contributed by atoms with Crippen molar-refractivity contribution in [1.82, 2.24) is 0 Å². The highest BCUT2D eigenvalue weighted by Crippen LogP contribution is 2.22. The highest BCUT2D eigenvalue weighted by Gasteiger charge is 2.14. The van der Waals surface area contributed by atoms with Crippen LogP contribution in [-0.2, 0) is 11.2 Å². The highest BCUT2D eigenvalue weighted by molar-refractivity contribution is 9.10. The van der Waals surface area contributed by atoms with Crippen LogP contribution < -0.4 is 0 Å². The first-order chi connectivity index (χ1) is 8.22. The monoisotopic (exact) mass is 290 g/mol. The van der Waals surface area contributed by atoms with Crippen molar-refractivity contribution in [3.8, 4) is 0 Å². The van der Waals surface area contributed by atoms with Gasteiger partial charge in [-0.1, -0.05) is 65.3 Å². The molecule has 1 unspecified atom stereocenters. The summed E-state index contributed by atoms with van der Waals surface area (Å²) in [5, 5.41) is 2.47. The highest BCUT2D eigenvalue weighted by atomic mass is 79.9. The molecule has 2 rings (SSSR count). The van der Waals surface area contributed by atoms with Crippen molar-refractivity contribution in [3.63, 3.8) is 0 Å². The zero-order chi connectivity index (χ0) is 12.3. The van der Waals surface area contributed by atoms with Gasteiger partial charge < -0.3 is 0 Å². The zero-order valence-electron chi connectivity index (χ0n) is 9.82. The lowest BCUT2D eigenvalue weighted by atomic mass is 9.99. The molecule has 0 aliphatic heterocycles. The quantitative estimate of drug-likeness (QED) is 0.774. The van der Waals surface area contributed by atoms with E-state index in [0.29, 0.717) is 6.42 Å². The number of Topliss-reactive ketones (excluding diaryl/α,β-unsaturated/α-hetero) is 1. The first-order valence-corrected chi connectivity index (χ1v) is 6.77. The largest absolute Gasteiger partial charge is 0.298 e. The van der Waals surface area contributed by atoms with E-state index < -0.39 is 0 Å². The molecular weight excluding hydrogens is 276 g/mol. The van der Waals surface area contributed by atoms with Crippen LogP contribution in [0.1, 0.15) is 18.9 Å². The van der Waals surface area contributed by atoms with E-state index in [9.17, 15) is 4.79 Å². The number of hydrogen-bond donors (Lipinski definition) is 0. The summed E-state index contributed by atoms with van der Waals surface area (Å²) in [7, 11) is 0. The summed E-state index contributed by atoms with van der Waals surface area (Å²) >= 11 is 3.48. The van der Waals surface area contributed by atoms with Crippen molar-refractivity contribution in [2.24, 2.45) is 0 Å². The third-order valence-electron chi connectivity index (χ3n) is 2.98. The summed E-state index contributed by atoms with van der Waals surface area (Å²) in [5.74, 6) is 0.262. The predicted octanol–water partition coefficient (Wildman–Crippen LogP) is 4.12. The maximum absolute atomic E-state index is 11.6. The Morgan fingerprint density at radius 2 is 1.88 bits per heavy atom. The fourth-order valence-corrected chi connectivity index (χ4v) is 2.67. The van der Waals surface area contributed by atoms with E-state index in [4.69, 9.17) is 0 Å². The van der Waals surface area contributed by atoms with Crippen LogP contribution in [0.5, 0.6) is 0 Å². The van der Waals surface area contributed by atoms with Gasteiger partial charge in [-0.3, -0.25) is 4.79 Å². The number of fused-ring (bicyclic) bond motifs is 1. The van der Waals surface area contributed by atoms with Gasteiger partial charge in [-0.25, -0.2) is 0 Å². The van der Waals surface area contributed by atoms with Crippen molar-refractivity contribution < 1.29 is 4.79 Å². The lowest BCUT2D eigenvalue weighted by molar-refractivity contribution is -0.118. The Kier molecular flexibility index (Phi) is 3.95. The summed E-state index contributed by atoms with van der Waals surface area (Å²) in [6.45, 7) is 1.90. The van der Waals surface area contributed by atoms with Crippen molar-refractivity contribution in [1.29, 1.82) is 0 Å². The smallest absolute Gasteiger partial charge is 0.146 e. The molecule has 0 saturated heterocycles. The van der Waals surface area contributed by atoms with Gasteiger partial charge in [0.25, 0.3) is 0 Å². The second kappa shape index (κ2) is 5.46. The van der Waals surface area contributed by atoms with Crippen LogP contribution in [0.2, 0.25) is 0 Å². The maximum atomic E-state index is 11.6. The second-order valence-corrected chi connectivity index (χ2v) is 5.24. The van der Waals surface area contributed by atoms with E-state index in [2.05, 4.69) is 40.2 Å². The number of halogens is 1. The summed E-state index contributed by atoms with van der Waals surface area (Å²) in [5.41, 5.74) is 1.23. The summed E-state index contributed by atoms with van der Waals surface area (Å²) < 4.78 is 0. The van der Waals surface area contributed by atoms with Crippen LogP contribution in [0.4, 0.5) is 0 Å². The Morgan fingerprint density at radius 1 is 1.18 bits per heavy atom. The standard InChI is InChI=1S/C15H15BrO/c1-2-15(17)14(16)10-12-8-5-7-11-6-3-4-9-13(11)12/h3-9,14H,2,10H2,1H3. The van der Waals surface area contributed by atoms with Crippen molar-refractivity contribution in [3.05, 3.63) is 48.0 Å². The molecule has 88 valence electrons. The van der Waals surface area contributed by atoms with Crippen molar-refractivity contribution in [2.45, 2.75) is 24.6 Å². The topological polar surface area (TPSA) is 17.1 Å². The summed E-state index contributed by atoms with van der Waals surface area (Å²) in [6.07, 6.45) is 1.34. The summed E-state index contributed by atoms with van der Waals surface area (Å²) in [6, 6.07) is 14.5. The number of carbonyl (C=O) groups is 1. The Hall–Kier alpha value is -1.15. The molecule has 0 N–H and O–H groups in total. The molecule has 0 aliphatic rings. The molecule has 1 nitrogen and oxygen atoms in total. The molecule has 1 atom stereocenters. The van der Waals surface area contributed by atoms with Crippen LogP contribution in [-0.4, -0.2) is 10.6 Å². The molecule has 0 saturated carbocycles. The SMILES string of the molecule is CCC(=O)C(Br)Cc1cccc2ccccc12. The minimum Gasteiger partial charge on any atom is -0.298 e. The average Bonchev–Trinajstić information content (AvgIpc) is 2.38. The van der Waals surface area contributed by atoms with Crippen LogP contribution >= 0.6 is 15.9 Å². The van der Waals surface area contributed by atoms with Gasteiger partial charge in [-0.15, -0.1) is 0 Å². The van der Waals surface area contributed by atoms with Crippen molar-refractivity contribution >= 4 is 32.5 Å². The number of ketones is 1. The second-order valence-electron chi connectivity index (χ2n) is 4.13. The van der Waals surface area contributed by atoms with Gasteiger partial charge in [0.2, 0.25) is 0 Å². The molecule has 0 fully saturated rings. The third kappa shape index (κ3) is 2.75. The number of alkyl halides is 1. The van der Waals surface area contributed by atoms with Gasteiger partial charge in [0, 0.05) is 6.42 Å². The molecular formula is C15H15BrO. The first-order valence-electron chi connectivity index (χ1n) is 5.85. The molecule has 0 heterocycles. The van der Waals surface area contributed by atoms with E-state index >= 15 is 0 Å². The lowest BCUT2D eigenvalue weighted by Gasteiger charge is -2.10. The molecule has 0 aromatic heterocycles. The predicted molar refractivity (Wildman–Crippen MR) is 75.7 cm³/mol. The normalized spacial score (nSPS) is 12.6. The van der Waals surface area contributed by atoms with Gasteiger partial charge in [0.1, 0.15) is 5.78 Å². The van der Waals surface area contributed by atoms with Gasteiger partial charge in [0.05, 0.1) is 4.83 Å².